The summed E-state index contributed by atoms with van der Waals surface area (Å²) in [6, 6.07) is 0. The van der Waals surface area contributed by atoms with Crippen molar-refractivity contribution >= 4 is 11.8 Å². The number of carbonyl (C=O) groups excluding carboxylic acids is 2. The van der Waals surface area contributed by atoms with Crippen molar-refractivity contribution in [2.75, 3.05) is 13.2 Å². The number of Topliss-reactive ketones (excluding diaryl/α,β-unsaturated/α-hetero) is 1. The van der Waals surface area contributed by atoms with Crippen LogP contribution in [0.2, 0.25) is 0 Å². The zero-order chi connectivity index (χ0) is 24.9. The van der Waals surface area contributed by atoms with Crippen molar-refractivity contribution in [2.45, 2.75) is 120 Å². The number of hydrogen-bond acceptors (Lipinski definition) is 5. The van der Waals surface area contributed by atoms with Crippen LogP contribution in [0.15, 0.2) is 0 Å². The first-order valence-corrected chi connectivity index (χ1v) is 11.7. The van der Waals surface area contributed by atoms with E-state index >= 15 is 0 Å². The summed E-state index contributed by atoms with van der Waals surface area (Å²) in [7, 11) is 0. The second-order valence-electron chi connectivity index (χ2n) is 12.8. The second kappa shape index (κ2) is 10.8. The fourth-order valence-corrected chi connectivity index (χ4v) is 3.94. The van der Waals surface area contributed by atoms with E-state index in [1.165, 1.54) is 0 Å². The van der Waals surface area contributed by atoms with Gasteiger partial charge in [0.05, 0.1) is 24.4 Å². The Balaban J connectivity index is 5.28. The summed E-state index contributed by atoms with van der Waals surface area (Å²) in [5.41, 5.74) is -2.39. The molecule has 0 fully saturated rings. The Morgan fingerprint density at radius 3 is 1.77 bits per heavy atom. The normalized spacial score (nSPS) is 15.0. The fourth-order valence-electron chi connectivity index (χ4n) is 3.94. The first-order valence-electron chi connectivity index (χ1n) is 11.7. The minimum atomic E-state index is -0.805. The second-order valence-corrected chi connectivity index (χ2v) is 12.8. The molecule has 0 aliphatic carbocycles. The molecular weight excluding hydrogens is 392 g/mol. The highest BCUT2D eigenvalue weighted by Gasteiger charge is 2.47. The van der Waals surface area contributed by atoms with Crippen molar-refractivity contribution in [1.82, 2.24) is 0 Å². The van der Waals surface area contributed by atoms with Crippen molar-refractivity contribution in [3.05, 3.63) is 0 Å². The molecule has 1 atom stereocenters. The van der Waals surface area contributed by atoms with Crippen LogP contribution >= 0.6 is 0 Å². The van der Waals surface area contributed by atoms with Crippen LogP contribution < -0.4 is 0 Å². The average molecular weight is 443 g/mol. The Bertz CT molecular complexity index is 588. The molecule has 0 saturated carbocycles. The largest absolute Gasteiger partial charge is 0.465 e. The lowest BCUT2D eigenvalue weighted by atomic mass is 9.63. The zero-order valence-corrected chi connectivity index (χ0v) is 22.4. The molecule has 5 nitrogen and oxygen atoms in total. The maximum absolute atomic E-state index is 13.4. The van der Waals surface area contributed by atoms with Crippen LogP contribution in [-0.4, -0.2) is 41.3 Å². The van der Waals surface area contributed by atoms with Gasteiger partial charge in [0.25, 0.3) is 0 Å². The molecule has 184 valence electrons. The van der Waals surface area contributed by atoms with Gasteiger partial charge in [-0.1, -0.05) is 55.4 Å². The molecule has 0 radical (unpaired) electrons. The monoisotopic (exact) mass is 442 g/mol. The van der Waals surface area contributed by atoms with E-state index in [9.17, 15) is 14.7 Å². The molecular formula is C26H50O5. The smallest absolute Gasteiger partial charge is 0.317 e. The average Bonchev–Trinajstić information content (AvgIpc) is 2.50. The maximum atomic E-state index is 13.4. The van der Waals surface area contributed by atoms with Gasteiger partial charge in [0.15, 0.2) is 5.78 Å². The van der Waals surface area contributed by atoms with Gasteiger partial charge in [-0.3, -0.25) is 9.59 Å². The highest BCUT2D eigenvalue weighted by molar-refractivity contribution is 6.02. The number of carbonyl (C=O) groups is 2. The molecule has 0 aliphatic heterocycles. The van der Waals surface area contributed by atoms with Gasteiger partial charge in [0.2, 0.25) is 0 Å². The lowest BCUT2D eigenvalue weighted by Gasteiger charge is -2.40. The number of ether oxygens (including phenoxy) is 2. The lowest BCUT2D eigenvalue weighted by Crippen LogP contribution is -2.46. The van der Waals surface area contributed by atoms with Gasteiger partial charge in [-0.15, -0.1) is 0 Å². The third kappa shape index (κ3) is 11.5. The molecule has 0 amide bonds. The minimum Gasteiger partial charge on any atom is -0.465 e. The maximum Gasteiger partial charge on any atom is 0.317 e. The van der Waals surface area contributed by atoms with Crippen molar-refractivity contribution in [3.8, 4) is 0 Å². The van der Waals surface area contributed by atoms with Gasteiger partial charge in [-0.05, 0) is 57.8 Å². The quantitative estimate of drug-likeness (QED) is 0.281. The third-order valence-corrected chi connectivity index (χ3v) is 5.97. The van der Waals surface area contributed by atoms with Crippen molar-refractivity contribution in [2.24, 2.45) is 22.2 Å². The van der Waals surface area contributed by atoms with E-state index in [1.54, 1.807) is 13.8 Å². The molecule has 0 aromatic carbocycles. The molecule has 0 bridgehead atoms. The highest BCUT2D eigenvalue weighted by atomic mass is 16.5. The van der Waals surface area contributed by atoms with Crippen molar-refractivity contribution < 1.29 is 24.2 Å². The van der Waals surface area contributed by atoms with Gasteiger partial charge < -0.3 is 14.6 Å². The van der Waals surface area contributed by atoms with Crippen molar-refractivity contribution in [1.29, 1.82) is 0 Å². The summed E-state index contributed by atoms with van der Waals surface area (Å²) in [5.74, 6) is -1.29. The Labute approximate surface area is 191 Å². The molecule has 0 heterocycles. The van der Waals surface area contributed by atoms with Gasteiger partial charge in [-0.2, -0.15) is 0 Å². The van der Waals surface area contributed by atoms with Crippen LogP contribution in [-0.2, 0) is 19.1 Å². The number of hydrogen-bond donors (Lipinski definition) is 1. The van der Waals surface area contributed by atoms with Crippen LogP contribution in [0, 0.1) is 22.2 Å². The standard InChI is InChI=1S/C26H50O5/c1-13-23(5,6)20(27)19(24(7,8)18-22(2,3)4)21(28)30-16-15-26(11,12)31-17-14-25(9,10)29/h19,29H,13-18H2,1-12H3. The summed E-state index contributed by atoms with van der Waals surface area (Å²) >= 11 is 0. The van der Waals surface area contributed by atoms with E-state index < -0.39 is 33.9 Å². The molecule has 5 heteroatoms. The first kappa shape index (κ1) is 30.1. The molecule has 0 spiro atoms. The predicted molar refractivity (Wildman–Crippen MR) is 127 cm³/mol. The molecule has 1 N–H and O–H groups in total. The number of ketones is 1. The van der Waals surface area contributed by atoms with E-state index in [-0.39, 0.29) is 17.8 Å². The lowest BCUT2D eigenvalue weighted by molar-refractivity contribution is -0.162. The molecule has 0 saturated heterocycles. The minimum absolute atomic E-state index is 0.0189. The van der Waals surface area contributed by atoms with Crippen LogP contribution in [0.5, 0.6) is 0 Å². The van der Waals surface area contributed by atoms with E-state index in [1.807, 2.05) is 48.5 Å². The Morgan fingerprint density at radius 1 is 0.839 bits per heavy atom. The first-order chi connectivity index (χ1) is 13.6. The number of rotatable bonds is 13. The van der Waals surface area contributed by atoms with E-state index in [4.69, 9.17) is 9.47 Å². The topological polar surface area (TPSA) is 72.8 Å². The summed E-state index contributed by atoms with van der Waals surface area (Å²) < 4.78 is 11.5. The van der Waals surface area contributed by atoms with E-state index in [0.717, 1.165) is 6.42 Å². The fraction of sp³-hybridized carbons (Fsp3) is 0.923. The van der Waals surface area contributed by atoms with Crippen LogP contribution in [0.25, 0.3) is 0 Å². The molecule has 31 heavy (non-hydrogen) atoms. The highest BCUT2D eigenvalue weighted by Crippen LogP contribution is 2.43. The SMILES string of the molecule is CCC(C)(C)C(=O)C(C(=O)OCCC(C)(C)OCCC(C)(C)O)C(C)(C)CC(C)(C)C. The van der Waals surface area contributed by atoms with Gasteiger partial charge >= 0.3 is 5.97 Å². The molecule has 0 aromatic heterocycles. The molecule has 0 rings (SSSR count). The third-order valence-electron chi connectivity index (χ3n) is 5.97. The zero-order valence-electron chi connectivity index (χ0n) is 22.4. The molecule has 1 unspecified atom stereocenters. The van der Waals surface area contributed by atoms with E-state index in [2.05, 4.69) is 20.8 Å². The van der Waals surface area contributed by atoms with Crippen LogP contribution in [0.1, 0.15) is 109 Å². The van der Waals surface area contributed by atoms with Crippen molar-refractivity contribution in [3.63, 3.8) is 0 Å². The van der Waals surface area contributed by atoms with Gasteiger partial charge in [0.1, 0.15) is 5.92 Å². The van der Waals surface area contributed by atoms with E-state index in [0.29, 0.717) is 25.9 Å². The van der Waals surface area contributed by atoms with Crippen LogP contribution in [0.4, 0.5) is 0 Å². The van der Waals surface area contributed by atoms with Gasteiger partial charge in [0, 0.05) is 11.8 Å². The summed E-state index contributed by atoms with van der Waals surface area (Å²) in [6.45, 7) is 24.2. The Kier molecular flexibility index (Phi) is 10.5. The van der Waals surface area contributed by atoms with Crippen LogP contribution in [0.3, 0.4) is 0 Å². The summed E-state index contributed by atoms with van der Waals surface area (Å²) in [5, 5.41) is 9.84. The Morgan fingerprint density at radius 2 is 1.35 bits per heavy atom. The van der Waals surface area contributed by atoms with Gasteiger partial charge in [-0.25, -0.2) is 0 Å². The predicted octanol–water partition coefficient (Wildman–Crippen LogP) is 5.96. The molecule has 0 aliphatic rings. The summed E-state index contributed by atoms with van der Waals surface area (Å²) in [4.78, 5) is 26.6. The Hall–Kier alpha value is -0.940. The molecule has 0 aromatic rings. The number of aliphatic hydroxyl groups is 1. The number of esters is 1. The summed E-state index contributed by atoms with van der Waals surface area (Å²) in [6.07, 6.45) is 2.45.